The highest BCUT2D eigenvalue weighted by molar-refractivity contribution is 7.99. The van der Waals surface area contributed by atoms with Gasteiger partial charge in [0, 0.05) is 5.75 Å². The molecule has 2 N–H and O–H groups in total. The fourth-order valence-corrected chi connectivity index (χ4v) is 1.99. The van der Waals surface area contributed by atoms with E-state index in [0.717, 1.165) is 11.3 Å². The Morgan fingerprint density at radius 1 is 1.20 bits per heavy atom. The third-order valence-corrected chi connectivity index (χ3v) is 3.27. The summed E-state index contributed by atoms with van der Waals surface area (Å²) >= 11 is 1.76. The van der Waals surface area contributed by atoms with E-state index in [0.29, 0.717) is 11.7 Å². The number of thioether (sulfide) groups is 1. The second-order valence-corrected chi connectivity index (χ2v) is 5.52. The van der Waals surface area contributed by atoms with E-state index in [1.165, 1.54) is 0 Å². The molecule has 0 saturated heterocycles. The van der Waals surface area contributed by atoms with Gasteiger partial charge in [0.15, 0.2) is 0 Å². The zero-order valence-corrected chi connectivity index (χ0v) is 10.00. The predicted octanol–water partition coefficient (Wildman–Crippen LogP) is 2.44. The van der Waals surface area contributed by atoms with Crippen molar-refractivity contribution in [1.29, 1.82) is 0 Å². The highest BCUT2D eigenvalue weighted by atomic mass is 32.2. The first-order chi connectivity index (χ1) is 7.08. The van der Waals surface area contributed by atoms with Gasteiger partial charge >= 0.3 is 0 Å². The summed E-state index contributed by atoms with van der Waals surface area (Å²) in [6, 6.07) is 6.99. The van der Waals surface area contributed by atoms with Gasteiger partial charge in [-0.15, -0.1) is 0 Å². The Kier molecular flexibility index (Phi) is 4.99. The molecular formula is C12H18O2S. The van der Waals surface area contributed by atoms with Crippen molar-refractivity contribution < 1.29 is 10.2 Å². The Balaban J connectivity index is 2.37. The quantitative estimate of drug-likeness (QED) is 0.810. The minimum Gasteiger partial charge on any atom is -0.508 e. The molecule has 2 nitrogen and oxygen atoms in total. The van der Waals surface area contributed by atoms with E-state index in [1.807, 2.05) is 12.1 Å². The average Bonchev–Trinajstić information content (AvgIpc) is 2.19. The van der Waals surface area contributed by atoms with E-state index in [2.05, 4.69) is 13.8 Å². The molecule has 0 aliphatic carbocycles. The second-order valence-electron chi connectivity index (χ2n) is 3.91. The monoisotopic (exact) mass is 226 g/mol. The van der Waals surface area contributed by atoms with E-state index in [9.17, 15) is 5.11 Å². The molecule has 0 amide bonds. The number of aliphatic hydroxyl groups excluding tert-OH is 1. The van der Waals surface area contributed by atoms with Crippen LogP contribution in [0.1, 0.15) is 19.4 Å². The molecule has 0 aromatic heterocycles. The van der Waals surface area contributed by atoms with Crippen LogP contribution in [0.4, 0.5) is 0 Å². The first kappa shape index (κ1) is 12.4. The lowest BCUT2D eigenvalue weighted by molar-refractivity contribution is 0.200. The SMILES string of the molecule is CC(C)SCC(O)Cc1ccc(O)cc1. The van der Waals surface area contributed by atoms with Crippen LogP contribution in [0.3, 0.4) is 0 Å². The van der Waals surface area contributed by atoms with Crippen molar-refractivity contribution in [3.8, 4) is 5.75 Å². The average molecular weight is 226 g/mol. The van der Waals surface area contributed by atoms with Crippen LogP contribution in [-0.2, 0) is 6.42 Å². The smallest absolute Gasteiger partial charge is 0.115 e. The number of phenolic OH excluding ortho intramolecular Hbond substituents is 1. The van der Waals surface area contributed by atoms with Gasteiger partial charge in [-0.1, -0.05) is 26.0 Å². The highest BCUT2D eigenvalue weighted by Crippen LogP contribution is 2.15. The molecule has 1 aromatic carbocycles. The Morgan fingerprint density at radius 3 is 2.33 bits per heavy atom. The molecule has 0 bridgehead atoms. The minimum absolute atomic E-state index is 0.268. The molecule has 0 fully saturated rings. The lowest BCUT2D eigenvalue weighted by Gasteiger charge is -2.11. The number of benzene rings is 1. The van der Waals surface area contributed by atoms with Gasteiger partial charge in [0.2, 0.25) is 0 Å². The van der Waals surface area contributed by atoms with E-state index in [4.69, 9.17) is 5.11 Å². The lowest BCUT2D eigenvalue weighted by Crippen LogP contribution is -2.14. The van der Waals surface area contributed by atoms with Crippen LogP contribution in [0.2, 0.25) is 0 Å². The van der Waals surface area contributed by atoms with Gasteiger partial charge in [-0.05, 0) is 29.4 Å². The first-order valence-corrected chi connectivity index (χ1v) is 6.20. The molecule has 1 rings (SSSR count). The number of aliphatic hydroxyl groups is 1. The summed E-state index contributed by atoms with van der Waals surface area (Å²) in [7, 11) is 0. The fraction of sp³-hybridized carbons (Fsp3) is 0.500. The standard InChI is InChI=1S/C12H18O2S/c1-9(2)15-8-12(14)7-10-3-5-11(13)6-4-10/h3-6,9,12-14H,7-8H2,1-2H3. The molecule has 1 atom stereocenters. The lowest BCUT2D eigenvalue weighted by atomic mass is 10.1. The van der Waals surface area contributed by atoms with Gasteiger partial charge in [-0.2, -0.15) is 11.8 Å². The van der Waals surface area contributed by atoms with Crippen LogP contribution in [0.15, 0.2) is 24.3 Å². The maximum Gasteiger partial charge on any atom is 0.115 e. The molecule has 84 valence electrons. The summed E-state index contributed by atoms with van der Waals surface area (Å²) in [5, 5.41) is 19.4. The molecule has 0 radical (unpaired) electrons. The third kappa shape index (κ3) is 5.09. The maximum absolute atomic E-state index is 9.74. The molecular weight excluding hydrogens is 208 g/mol. The zero-order chi connectivity index (χ0) is 11.3. The maximum atomic E-state index is 9.74. The van der Waals surface area contributed by atoms with Gasteiger partial charge in [-0.25, -0.2) is 0 Å². The predicted molar refractivity (Wildman–Crippen MR) is 65.4 cm³/mol. The van der Waals surface area contributed by atoms with Crippen molar-refractivity contribution in [2.24, 2.45) is 0 Å². The van der Waals surface area contributed by atoms with Crippen LogP contribution in [0, 0.1) is 0 Å². The molecule has 0 aliphatic heterocycles. The van der Waals surface area contributed by atoms with Crippen LogP contribution < -0.4 is 0 Å². The highest BCUT2D eigenvalue weighted by Gasteiger charge is 2.06. The molecule has 1 aromatic rings. The van der Waals surface area contributed by atoms with Crippen molar-refractivity contribution in [2.45, 2.75) is 31.6 Å². The van der Waals surface area contributed by atoms with Gasteiger partial charge in [0.25, 0.3) is 0 Å². The molecule has 3 heteroatoms. The summed E-state index contributed by atoms with van der Waals surface area (Å²) in [6.07, 6.45) is 0.349. The van der Waals surface area contributed by atoms with Crippen LogP contribution in [-0.4, -0.2) is 27.3 Å². The zero-order valence-electron chi connectivity index (χ0n) is 9.18. The normalized spacial score (nSPS) is 13.1. The van der Waals surface area contributed by atoms with Gasteiger partial charge in [0.1, 0.15) is 5.75 Å². The van der Waals surface area contributed by atoms with Crippen LogP contribution in [0.25, 0.3) is 0 Å². The molecule has 0 spiro atoms. The van der Waals surface area contributed by atoms with Crippen LogP contribution in [0.5, 0.6) is 5.75 Å². The molecule has 0 aliphatic rings. The van der Waals surface area contributed by atoms with Gasteiger partial charge in [0.05, 0.1) is 6.10 Å². The number of hydrogen-bond donors (Lipinski definition) is 2. The molecule has 0 heterocycles. The Labute approximate surface area is 95.3 Å². The van der Waals surface area contributed by atoms with Crippen molar-refractivity contribution in [2.75, 3.05) is 5.75 Å². The van der Waals surface area contributed by atoms with E-state index in [-0.39, 0.29) is 11.9 Å². The van der Waals surface area contributed by atoms with Gasteiger partial charge in [-0.3, -0.25) is 0 Å². The van der Waals surface area contributed by atoms with E-state index in [1.54, 1.807) is 23.9 Å². The van der Waals surface area contributed by atoms with Crippen molar-refractivity contribution >= 4 is 11.8 Å². The molecule has 1 unspecified atom stereocenters. The number of rotatable bonds is 5. The summed E-state index contributed by atoms with van der Waals surface area (Å²) in [5.41, 5.74) is 1.06. The Hall–Kier alpha value is -0.670. The fourth-order valence-electron chi connectivity index (χ4n) is 1.27. The number of hydrogen-bond acceptors (Lipinski definition) is 3. The topological polar surface area (TPSA) is 40.5 Å². The van der Waals surface area contributed by atoms with Crippen molar-refractivity contribution in [3.63, 3.8) is 0 Å². The number of aromatic hydroxyl groups is 1. The molecule has 15 heavy (non-hydrogen) atoms. The first-order valence-electron chi connectivity index (χ1n) is 5.15. The van der Waals surface area contributed by atoms with Crippen LogP contribution >= 0.6 is 11.8 Å². The third-order valence-electron chi connectivity index (χ3n) is 2.03. The minimum atomic E-state index is -0.304. The number of phenols is 1. The second kappa shape index (κ2) is 6.03. The van der Waals surface area contributed by atoms with Crippen molar-refractivity contribution in [3.05, 3.63) is 29.8 Å². The largest absolute Gasteiger partial charge is 0.508 e. The Morgan fingerprint density at radius 2 is 1.80 bits per heavy atom. The van der Waals surface area contributed by atoms with E-state index < -0.39 is 0 Å². The summed E-state index contributed by atoms with van der Waals surface area (Å²) in [4.78, 5) is 0. The Bertz CT molecular complexity index is 282. The van der Waals surface area contributed by atoms with Crippen molar-refractivity contribution in [1.82, 2.24) is 0 Å². The summed E-state index contributed by atoms with van der Waals surface area (Å²) in [5.74, 6) is 1.03. The molecule has 0 saturated carbocycles. The summed E-state index contributed by atoms with van der Waals surface area (Å²) < 4.78 is 0. The van der Waals surface area contributed by atoms with E-state index >= 15 is 0 Å². The summed E-state index contributed by atoms with van der Waals surface area (Å²) in [6.45, 7) is 4.25. The van der Waals surface area contributed by atoms with Gasteiger partial charge < -0.3 is 10.2 Å².